The molecular formula is C24H28ClFN2O3. The fourth-order valence-corrected chi connectivity index (χ4v) is 3.84. The fourth-order valence-electron chi connectivity index (χ4n) is 3.72. The predicted molar refractivity (Wildman–Crippen MR) is 118 cm³/mol. The van der Waals surface area contributed by atoms with Gasteiger partial charge in [0.05, 0.1) is 0 Å². The van der Waals surface area contributed by atoms with Crippen LogP contribution in [-0.4, -0.2) is 35.4 Å². The molecule has 0 aromatic heterocycles. The predicted octanol–water partition coefficient (Wildman–Crippen LogP) is 4.64. The van der Waals surface area contributed by atoms with Crippen LogP contribution in [-0.2, 0) is 16.1 Å². The Morgan fingerprint density at radius 1 is 1.23 bits per heavy atom. The van der Waals surface area contributed by atoms with E-state index in [0.717, 1.165) is 31.2 Å². The summed E-state index contributed by atoms with van der Waals surface area (Å²) < 4.78 is 19.9. The van der Waals surface area contributed by atoms with Crippen molar-refractivity contribution in [3.05, 3.63) is 64.4 Å². The van der Waals surface area contributed by atoms with E-state index in [-0.39, 0.29) is 25.1 Å². The van der Waals surface area contributed by atoms with Gasteiger partial charge in [0, 0.05) is 23.2 Å². The Labute approximate surface area is 187 Å². The Morgan fingerprint density at radius 2 is 1.94 bits per heavy atom. The minimum absolute atomic E-state index is 0.0201. The normalized spacial score (nSPS) is 14.8. The zero-order chi connectivity index (χ0) is 22.4. The first-order chi connectivity index (χ1) is 14.8. The standard InChI is InChI=1S/C24H28ClFN2O3/c1-16-13-20(11-12-21(16)25)31-15-23(29)28(14-18-7-3-6-10-22(18)26)17(2)24(30)27-19-8-4-5-9-19/h3,6-7,10-13,17,19H,4-5,8-9,14-15H2,1-2H3,(H,27,30)/t17-/m0/s1. The number of hydrogen-bond acceptors (Lipinski definition) is 3. The summed E-state index contributed by atoms with van der Waals surface area (Å²) in [5, 5.41) is 3.63. The van der Waals surface area contributed by atoms with Crippen molar-refractivity contribution in [2.24, 2.45) is 0 Å². The lowest BCUT2D eigenvalue weighted by Gasteiger charge is -2.29. The van der Waals surface area contributed by atoms with Gasteiger partial charge in [0.1, 0.15) is 17.6 Å². The van der Waals surface area contributed by atoms with Crippen molar-refractivity contribution in [2.45, 2.75) is 58.2 Å². The van der Waals surface area contributed by atoms with Crippen LogP contribution >= 0.6 is 11.6 Å². The van der Waals surface area contributed by atoms with Crippen molar-refractivity contribution >= 4 is 23.4 Å². The zero-order valence-corrected chi connectivity index (χ0v) is 18.6. The molecule has 166 valence electrons. The molecule has 1 N–H and O–H groups in total. The number of amides is 2. The molecule has 1 atom stereocenters. The minimum Gasteiger partial charge on any atom is -0.484 e. The Balaban J connectivity index is 1.73. The molecule has 5 nitrogen and oxygen atoms in total. The molecule has 1 fully saturated rings. The molecule has 0 saturated heterocycles. The first-order valence-corrected chi connectivity index (χ1v) is 10.9. The van der Waals surface area contributed by atoms with Crippen LogP contribution < -0.4 is 10.1 Å². The molecule has 0 unspecified atom stereocenters. The number of hydrogen-bond donors (Lipinski definition) is 1. The lowest BCUT2D eigenvalue weighted by Crippen LogP contribution is -2.50. The summed E-state index contributed by atoms with van der Waals surface area (Å²) in [6, 6.07) is 10.7. The van der Waals surface area contributed by atoms with Gasteiger partial charge in [0.2, 0.25) is 5.91 Å². The van der Waals surface area contributed by atoms with Gasteiger partial charge in [-0.3, -0.25) is 9.59 Å². The van der Waals surface area contributed by atoms with Crippen LogP contribution in [0.2, 0.25) is 5.02 Å². The summed E-state index contributed by atoms with van der Waals surface area (Å²) in [5.74, 6) is -0.550. The van der Waals surface area contributed by atoms with Crippen LogP contribution in [0.25, 0.3) is 0 Å². The molecule has 0 spiro atoms. The van der Waals surface area contributed by atoms with Gasteiger partial charge in [-0.15, -0.1) is 0 Å². The highest BCUT2D eigenvalue weighted by Crippen LogP contribution is 2.22. The number of aryl methyl sites for hydroxylation is 1. The number of ether oxygens (including phenoxy) is 1. The highest BCUT2D eigenvalue weighted by molar-refractivity contribution is 6.31. The van der Waals surface area contributed by atoms with Gasteiger partial charge in [0.15, 0.2) is 6.61 Å². The van der Waals surface area contributed by atoms with Crippen LogP contribution in [0.3, 0.4) is 0 Å². The minimum atomic E-state index is -0.761. The van der Waals surface area contributed by atoms with E-state index in [1.165, 1.54) is 11.0 Å². The fraction of sp³-hybridized carbons (Fsp3) is 0.417. The van der Waals surface area contributed by atoms with Crippen molar-refractivity contribution < 1.29 is 18.7 Å². The number of benzene rings is 2. The average Bonchev–Trinajstić information content (AvgIpc) is 3.26. The van der Waals surface area contributed by atoms with E-state index in [1.807, 2.05) is 6.92 Å². The average molecular weight is 447 g/mol. The van der Waals surface area contributed by atoms with E-state index in [1.54, 1.807) is 43.3 Å². The monoisotopic (exact) mass is 446 g/mol. The van der Waals surface area contributed by atoms with E-state index >= 15 is 0 Å². The smallest absolute Gasteiger partial charge is 0.261 e. The molecule has 0 radical (unpaired) electrons. The van der Waals surface area contributed by atoms with Crippen LogP contribution in [0.1, 0.15) is 43.7 Å². The molecule has 0 bridgehead atoms. The third-order valence-electron chi connectivity index (χ3n) is 5.66. The summed E-state index contributed by atoms with van der Waals surface area (Å²) in [6.07, 6.45) is 4.06. The highest BCUT2D eigenvalue weighted by atomic mass is 35.5. The number of rotatable bonds is 8. The maximum absolute atomic E-state index is 14.3. The first-order valence-electron chi connectivity index (χ1n) is 10.6. The lowest BCUT2D eigenvalue weighted by atomic mass is 10.1. The Bertz CT molecular complexity index is 931. The quantitative estimate of drug-likeness (QED) is 0.642. The summed E-state index contributed by atoms with van der Waals surface area (Å²) >= 11 is 6.03. The molecule has 1 aliphatic rings. The molecule has 1 saturated carbocycles. The van der Waals surface area contributed by atoms with Crippen molar-refractivity contribution in [3.63, 3.8) is 0 Å². The van der Waals surface area contributed by atoms with Gasteiger partial charge >= 0.3 is 0 Å². The Morgan fingerprint density at radius 3 is 2.61 bits per heavy atom. The first kappa shape index (κ1) is 23.1. The summed E-state index contributed by atoms with van der Waals surface area (Å²) in [4.78, 5) is 27.2. The van der Waals surface area contributed by atoms with Crippen molar-refractivity contribution in [2.75, 3.05) is 6.61 Å². The van der Waals surface area contributed by atoms with Gasteiger partial charge in [-0.25, -0.2) is 4.39 Å². The van der Waals surface area contributed by atoms with Gasteiger partial charge in [-0.1, -0.05) is 42.6 Å². The number of nitrogens with one attached hydrogen (secondary N) is 1. The largest absolute Gasteiger partial charge is 0.484 e. The van der Waals surface area contributed by atoms with E-state index in [9.17, 15) is 14.0 Å². The number of halogens is 2. The second-order valence-corrected chi connectivity index (χ2v) is 8.39. The SMILES string of the molecule is Cc1cc(OCC(=O)N(Cc2ccccc2F)[C@@H](C)C(=O)NC2CCCC2)ccc1Cl. The van der Waals surface area contributed by atoms with Crippen LogP contribution in [0.4, 0.5) is 4.39 Å². The van der Waals surface area contributed by atoms with E-state index in [0.29, 0.717) is 16.3 Å². The topological polar surface area (TPSA) is 58.6 Å². The number of carbonyl (C=O) groups is 2. The molecule has 2 aromatic carbocycles. The molecule has 1 aliphatic carbocycles. The molecule has 2 amide bonds. The lowest BCUT2D eigenvalue weighted by molar-refractivity contribution is -0.142. The van der Waals surface area contributed by atoms with Crippen molar-refractivity contribution in [1.29, 1.82) is 0 Å². The summed E-state index contributed by atoms with van der Waals surface area (Å²) in [5.41, 5.74) is 1.18. The summed E-state index contributed by atoms with van der Waals surface area (Å²) in [6.45, 7) is 3.22. The Kier molecular flexibility index (Phi) is 7.91. The zero-order valence-electron chi connectivity index (χ0n) is 17.9. The molecule has 3 rings (SSSR count). The molecule has 0 heterocycles. The third-order valence-corrected chi connectivity index (χ3v) is 6.08. The van der Waals surface area contributed by atoms with E-state index < -0.39 is 17.8 Å². The van der Waals surface area contributed by atoms with Gasteiger partial charge in [-0.2, -0.15) is 0 Å². The highest BCUT2D eigenvalue weighted by Gasteiger charge is 2.29. The molecule has 2 aromatic rings. The van der Waals surface area contributed by atoms with Crippen LogP contribution in [0, 0.1) is 12.7 Å². The van der Waals surface area contributed by atoms with E-state index in [4.69, 9.17) is 16.3 Å². The molecule has 7 heteroatoms. The van der Waals surface area contributed by atoms with Crippen molar-refractivity contribution in [3.8, 4) is 5.75 Å². The summed E-state index contributed by atoms with van der Waals surface area (Å²) in [7, 11) is 0. The molecule has 0 aliphatic heterocycles. The number of carbonyl (C=O) groups excluding carboxylic acids is 2. The molecular weight excluding hydrogens is 419 g/mol. The van der Waals surface area contributed by atoms with Gasteiger partial charge < -0.3 is 15.0 Å². The Hall–Kier alpha value is -2.60. The third kappa shape index (κ3) is 6.20. The van der Waals surface area contributed by atoms with Gasteiger partial charge in [-0.05, 0) is 56.5 Å². The maximum Gasteiger partial charge on any atom is 0.261 e. The maximum atomic E-state index is 14.3. The molecule has 31 heavy (non-hydrogen) atoms. The van der Waals surface area contributed by atoms with Crippen molar-refractivity contribution in [1.82, 2.24) is 10.2 Å². The van der Waals surface area contributed by atoms with Crippen LogP contribution in [0.15, 0.2) is 42.5 Å². The second kappa shape index (κ2) is 10.6. The number of nitrogens with zero attached hydrogens (tertiary/aromatic N) is 1. The van der Waals surface area contributed by atoms with Crippen LogP contribution in [0.5, 0.6) is 5.75 Å². The second-order valence-electron chi connectivity index (χ2n) is 7.98. The van der Waals surface area contributed by atoms with Gasteiger partial charge in [0.25, 0.3) is 5.91 Å². The van der Waals surface area contributed by atoms with E-state index in [2.05, 4.69) is 5.32 Å².